The zero-order valence-electron chi connectivity index (χ0n) is 6.70. The summed E-state index contributed by atoms with van der Waals surface area (Å²) in [5.41, 5.74) is 3.46. The van der Waals surface area contributed by atoms with E-state index in [1.165, 1.54) is 6.33 Å². The summed E-state index contributed by atoms with van der Waals surface area (Å²) in [5, 5.41) is 0. The van der Waals surface area contributed by atoms with Gasteiger partial charge in [0.1, 0.15) is 12.1 Å². The highest BCUT2D eigenvalue weighted by molar-refractivity contribution is 5.33. The topological polar surface area (TPSA) is 63.8 Å². The molecule has 11 heavy (non-hydrogen) atoms. The van der Waals surface area contributed by atoms with Gasteiger partial charge < -0.3 is 5.43 Å². The van der Waals surface area contributed by atoms with Crippen LogP contribution in [0.15, 0.2) is 12.4 Å². The number of rotatable bonds is 2. The monoisotopic (exact) mass is 152 g/mol. The van der Waals surface area contributed by atoms with Gasteiger partial charge in [-0.25, -0.2) is 15.8 Å². The van der Waals surface area contributed by atoms with Gasteiger partial charge in [-0.1, -0.05) is 13.8 Å². The molecule has 0 amide bonds. The van der Waals surface area contributed by atoms with Crippen LogP contribution in [0, 0.1) is 0 Å². The minimum absolute atomic E-state index is 0.407. The number of hydrazine groups is 1. The summed E-state index contributed by atoms with van der Waals surface area (Å²) in [7, 11) is 0. The highest BCUT2D eigenvalue weighted by Gasteiger charge is 2.00. The van der Waals surface area contributed by atoms with E-state index < -0.39 is 0 Å². The van der Waals surface area contributed by atoms with Crippen molar-refractivity contribution in [2.75, 3.05) is 5.43 Å². The van der Waals surface area contributed by atoms with Crippen LogP contribution in [0.4, 0.5) is 5.82 Å². The molecule has 0 atom stereocenters. The molecule has 1 aromatic heterocycles. The Morgan fingerprint density at radius 1 is 1.45 bits per heavy atom. The number of nitrogens with zero attached hydrogens (tertiary/aromatic N) is 2. The second kappa shape index (κ2) is 3.30. The molecule has 1 rings (SSSR count). The fourth-order valence-corrected chi connectivity index (χ4v) is 0.767. The van der Waals surface area contributed by atoms with E-state index in [0.29, 0.717) is 11.7 Å². The molecule has 0 fully saturated rings. The van der Waals surface area contributed by atoms with Crippen LogP contribution in [-0.4, -0.2) is 9.97 Å². The molecule has 0 aliphatic heterocycles. The Labute approximate surface area is 65.8 Å². The largest absolute Gasteiger partial charge is 0.308 e. The Kier molecular flexibility index (Phi) is 2.38. The number of nitrogens with one attached hydrogen (secondary N) is 1. The van der Waals surface area contributed by atoms with Gasteiger partial charge in [-0.3, -0.25) is 0 Å². The van der Waals surface area contributed by atoms with E-state index in [0.717, 1.165) is 5.69 Å². The maximum Gasteiger partial charge on any atom is 0.143 e. The average molecular weight is 152 g/mol. The lowest BCUT2D eigenvalue weighted by molar-refractivity contribution is 0.814. The molecule has 0 saturated heterocycles. The van der Waals surface area contributed by atoms with E-state index >= 15 is 0 Å². The summed E-state index contributed by atoms with van der Waals surface area (Å²) < 4.78 is 0. The highest BCUT2D eigenvalue weighted by atomic mass is 15.2. The van der Waals surface area contributed by atoms with Crippen molar-refractivity contribution < 1.29 is 0 Å². The molecular weight excluding hydrogens is 140 g/mol. The molecule has 1 aromatic rings. The number of aromatic nitrogens is 2. The van der Waals surface area contributed by atoms with Crippen LogP contribution in [0.2, 0.25) is 0 Å². The normalized spacial score (nSPS) is 10.2. The highest BCUT2D eigenvalue weighted by Crippen LogP contribution is 2.12. The first-order chi connectivity index (χ1) is 5.24. The Morgan fingerprint density at radius 2 is 2.18 bits per heavy atom. The van der Waals surface area contributed by atoms with Crippen molar-refractivity contribution in [3.05, 3.63) is 18.1 Å². The van der Waals surface area contributed by atoms with Gasteiger partial charge in [0.05, 0.1) is 0 Å². The lowest BCUT2D eigenvalue weighted by atomic mass is 10.1. The Hall–Kier alpha value is -1.16. The molecule has 0 spiro atoms. The molecule has 4 heteroatoms. The zero-order valence-corrected chi connectivity index (χ0v) is 6.70. The maximum absolute atomic E-state index is 5.18. The molecule has 0 aromatic carbocycles. The molecule has 1 heterocycles. The second-order valence-corrected chi connectivity index (χ2v) is 2.63. The van der Waals surface area contributed by atoms with Crippen molar-refractivity contribution in [2.45, 2.75) is 19.8 Å². The Bertz CT molecular complexity index is 234. The van der Waals surface area contributed by atoms with Gasteiger partial charge in [0, 0.05) is 11.8 Å². The first-order valence-corrected chi connectivity index (χ1v) is 3.52. The number of nitrogen functional groups attached to an aromatic ring is 1. The quantitative estimate of drug-likeness (QED) is 0.488. The first-order valence-electron chi connectivity index (χ1n) is 3.52. The molecule has 60 valence electrons. The second-order valence-electron chi connectivity index (χ2n) is 2.63. The van der Waals surface area contributed by atoms with Gasteiger partial charge in [-0.15, -0.1) is 0 Å². The number of nitrogens with two attached hydrogens (primary N) is 1. The van der Waals surface area contributed by atoms with Gasteiger partial charge in [-0.05, 0) is 5.92 Å². The Morgan fingerprint density at radius 3 is 2.73 bits per heavy atom. The van der Waals surface area contributed by atoms with Crippen molar-refractivity contribution in [1.82, 2.24) is 9.97 Å². The summed E-state index contributed by atoms with van der Waals surface area (Å²) in [5.74, 6) is 6.24. The molecular formula is C7H12N4. The number of anilines is 1. The van der Waals surface area contributed by atoms with Crippen LogP contribution in [-0.2, 0) is 0 Å². The molecule has 0 saturated carbocycles. The minimum atomic E-state index is 0.407. The summed E-state index contributed by atoms with van der Waals surface area (Å²) in [6.07, 6.45) is 1.50. The summed E-state index contributed by atoms with van der Waals surface area (Å²) in [4.78, 5) is 7.97. The third-order valence-electron chi connectivity index (χ3n) is 1.43. The van der Waals surface area contributed by atoms with Crippen molar-refractivity contribution in [1.29, 1.82) is 0 Å². The fraction of sp³-hybridized carbons (Fsp3) is 0.429. The van der Waals surface area contributed by atoms with Gasteiger partial charge in [0.25, 0.3) is 0 Å². The van der Waals surface area contributed by atoms with Crippen LogP contribution >= 0.6 is 0 Å². The van der Waals surface area contributed by atoms with E-state index in [-0.39, 0.29) is 0 Å². The van der Waals surface area contributed by atoms with E-state index in [1.807, 2.05) is 6.07 Å². The summed E-state index contributed by atoms with van der Waals surface area (Å²) >= 11 is 0. The molecule has 0 unspecified atom stereocenters. The van der Waals surface area contributed by atoms with Crippen LogP contribution in [0.5, 0.6) is 0 Å². The average Bonchev–Trinajstić information content (AvgIpc) is 2.05. The number of hydrogen-bond donors (Lipinski definition) is 2. The molecule has 3 N–H and O–H groups in total. The molecule has 0 aliphatic rings. The van der Waals surface area contributed by atoms with Gasteiger partial charge in [0.2, 0.25) is 0 Å². The Balaban J connectivity index is 2.91. The van der Waals surface area contributed by atoms with Crippen LogP contribution in [0.3, 0.4) is 0 Å². The standard InChI is InChI=1S/C7H12N4/c1-5(2)6-3-7(11-8)10-4-9-6/h3-5H,8H2,1-2H3,(H,9,10,11). The minimum Gasteiger partial charge on any atom is -0.308 e. The maximum atomic E-state index is 5.18. The van der Waals surface area contributed by atoms with Crippen molar-refractivity contribution >= 4 is 5.82 Å². The van der Waals surface area contributed by atoms with E-state index in [9.17, 15) is 0 Å². The van der Waals surface area contributed by atoms with Crippen molar-refractivity contribution in [3.8, 4) is 0 Å². The van der Waals surface area contributed by atoms with E-state index in [4.69, 9.17) is 5.84 Å². The van der Waals surface area contributed by atoms with Gasteiger partial charge in [0.15, 0.2) is 0 Å². The predicted octanol–water partition coefficient (Wildman–Crippen LogP) is 0.886. The third-order valence-corrected chi connectivity index (χ3v) is 1.43. The van der Waals surface area contributed by atoms with Gasteiger partial charge >= 0.3 is 0 Å². The fourth-order valence-electron chi connectivity index (χ4n) is 0.767. The van der Waals surface area contributed by atoms with Crippen molar-refractivity contribution in [2.24, 2.45) is 5.84 Å². The smallest absolute Gasteiger partial charge is 0.143 e. The molecule has 0 aliphatic carbocycles. The van der Waals surface area contributed by atoms with Crippen molar-refractivity contribution in [3.63, 3.8) is 0 Å². The molecule has 0 radical (unpaired) electrons. The van der Waals surface area contributed by atoms with Crippen LogP contribution in [0.1, 0.15) is 25.5 Å². The SMILES string of the molecule is CC(C)c1cc(NN)ncn1. The van der Waals surface area contributed by atoms with E-state index in [2.05, 4.69) is 29.2 Å². The van der Waals surface area contributed by atoms with E-state index in [1.54, 1.807) is 0 Å². The lowest BCUT2D eigenvalue weighted by Gasteiger charge is -2.04. The van der Waals surface area contributed by atoms with Gasteiger partial charge in [-0.2, -0.15) is 0 Å². The zero-order chi connectivity index (χ0) is 8.27. The lowest BCUT2D eigenvalue weighted by Crippen LogP contribution is -2.09. The molecule has 0 bridgehead atoms. The summed E-state index contributed by atoms with van der Waals surface area (Å²) in [6, 6.07) is 1.84. The molecule has 4 nitrogen and oxygen atoms in total. The number of hydrogen-bond acceptors (Lipinski definition) is 4. The summed E-state index contributed by atoms with van der Waals surface area (Å²) in [6.45, 7) is 4.14. The van der Waals surface area contributed by atoms with Crippen LogP contribution < -0.4 is 11.3 Å². The first kappa shape index (κ1) is 7.94. The third kappa shape index (κ3) is 1.88. The predicted molar refractivity (Wildman–Crippen MR) is 43.9 cm³/mol. The van der Waals surface area contributed by atoms with Crippen LogP contribution in [0.25, 0.3) is 0 Å².